The van der Waals surface area contributed by atoms with Crippen LogP contribution >= 0.6 is 34.5 Å². The maximum atomic E-state index is 12.2. The average molecular weight is 296 g/mol. The van der Waals surface area contributed by atoms with Crippen LogP contribution in [0.3, 0.4) is 0 Å². The maximum absolute atomic E-state index is 12.2. The molecule has 6 heteroatoms. The number of halogens is 2. The van der Waals surface area contributed by atoms with E-state index in [9.17, 15) is 9.90 Å². The highest BCUT2D eigenvalue weighted by Gasteiger charge is 2.24. The van der Waals surface area contributed by atoms with Crippen LogP contribution in [0, 0.1) is 0 Å². The monoisotopic (exact) mass is 295 g/mol. The molecule has 0 atom stereocenters. The molecule has 0 unspecified atom stereocenters. The lowest BCUT2D eigenvalue weighted by molar-refractivity contribution is 0.0315. The molecule has 1 amide bonds. The molecule has 0 aliphatic heterocycles. The minimum atomic E-state index is -0.933. The van der Waals surface area contributed by atoms with Crippen LogP contribution in [-0.2, 0) is 0 Å². The molecule has 0 bridgehead atoms. The molecule has 1 heterocycles. The molecule has 0 spiro atoms. The van der Waals surface area contributed by atoms with Crippen LogP contribution in [-0.4, -0.2) is 34.6 Å². The Labute approximate surface area is 115 Å². The Morgan fingerprint density at radius 3 is 2.47 bits per heavy atom. The third-order valence-corrected chi connectivity index (χ3v) is 3.62. The zero-order valence-corrected chi connectivity index (χ0v) is 12.3. The summed E-state index contributed by atoms with van der Waals surface area (Å²) in [5, 5.41) is 9.74. The van der Waals surface area contributed by atoms with E-state index in [1.165, 1.54) is 0 Å². The number of amides is 1. The first-order chi connectivity index (χ1) is 7.74. The summed E-state index contributed by atoms with van der Waals surface area (Å²) >= 11 is 12.9. The predicted octanol–water partition coefficient (Wildman–Crippen LogP) is 3.29. The van der Waals surface area contributed by atoms with Crippen LogP contribution in [0.1, 0.15) is 31.1 Å². The molecule has 3 nitrogen and oxygen atoms in total. The molecule has 17 heavy (non-hydrogen) atoms. The molecule has 1 aromatic rings. The summed E-state index contributed by atoms with van der Waals surface area (Å²) in [7, 11) is 0. The minimum absolute atomic E-state index is 0.206. The standard InChI is InChI=1S/C11H15Cl2NO2S/c1-4-14(6-11(2,3)16)10(15)7-5-8(12)17-9(7)13/h5,16H,4,6H2,1-3H3. The van der Waals surface area contributed by atoms with Gasteiger partial charge in [0.05, 0.1) is 15.5 Å². The summed E-state index contributed by atoms with van der Waals surface area (Å²) in [4.78, 5) is 13.7. The highest BCUT2D eigenvalue weighted by molar-refractivity contribution is 7.20. The van der Waals surface area contributed by atoms with E-state index in [4.69, 9.17) is 23.2 Å². The topological polar surface area (TPSA) is 40.5 Å². The minimum Gasteiger partial charge on any atom is -0.389 e. The summed E-state index contributed by atoms with van der Waals surface area (Å²) in [5.74, 6) is -0.206. The van der Waals surface area contributed by atoms with Crippen LogP contribution in [0.25, 0.3) is 0 Å². The second-order valence-corrected chi connectivity index (χ2v) is 6.66. The second kappa shape index (κ2) is 5.57. The Balaban J connectivity index is 2.90. The van der Waals surface area contributed by atoms with Crippen molar-refractivity contribution in [2.45, 2.75) is 26.4 Å². The van der Waals surface area contributed by atoms with Crippen molar-refractivity contribution in [3.63, 3.8) is 0 Å². The van der Waals surface area contributed by atoms with Gasteiger partial charge in [0.2, 0.25) is 0 Å². The van der Waals surface area contributed by atoms with E-state index < -0.39 is 5.60 Å². The molecule has 0 saturated heterocycles. The number of likely N-dealkylation sites (N-methyl/N-ethyl adjacent to an activating group) is 1. The first-order valence-electron chi connectivity index (χ1n) is 5.21. The van der Waals surface area contributed by atoms with Gasteiger partial charge in [-0.15, -0.1) is 11.3 Å². The maximum Gasteiger partial charge on any atom is 0.256 e. The largest absolute Gasteiger partial charge is 0.389 e. The Hall–Kier alpha value is -0.290. The van der Waals surface area contributed by atoms with Gasteiger partial charge in [0, 0.05) is 13.1 Å². The summed E-state index contributed by atoms with van der Waals surface area (Å²) in [5.41, 5.74) is -0.536. The van der Waals surface area contributed by atoms with Gasteiger partial charge in [-0.3, -0.25) is 4.79 Å². The van der Waals surface area contributed by atoms with Crippen LogP contribution in [0.4, 0.5) is 0 Å². The quantitative estimate of drug-likeness (QED) is 0.926. The van der Waals surface area contributed by atoms with Gasteiger partial charge in [-0.1, -0.05) is 23.2 Å². The van der Waals surface area contributed by atoms with Crippen molar-refractivity contribution in [2.75, 3.05) is 13.1 Å². The van der Waals surface area contributed by atoms with E-state index in [2.05, 4.69) is 0 Å². The average Bonchev–Trinajstić information content (AvgIpc) is 2.52. The molecule has 1 rings (SSSR count). The van der Waals surface area contributed by atoms with Gasteiger partial charge in [0.1, 0.15) is 4.34 Å². The SMILES string of the molecule is CCN(CC(C)(C)O)C(=O)c1cc(Cl)sc1Cl. The predicted molar refractivity (Wildman–Crippen MR) is 72.2 cm³/mol. The molecule has 0 aliphatic carbocycles. The number of hydrogen-bond acceptors (Lipinski definition) is 3. The molecule has 1 aromatic heterocycles. The summed E-state index contributed by atoms with van der Waals surface area (Å²) in [6, 6.07) is 1.56. The van der Waals surface area contributed by atoms with Gasteiger partial charge in [0.15, 0.2) is 0 Å². The van der Waals surface area contributed by atoms with E-state index >= 15 is 0 Å². The first kappa shape index (κ1) is 14.8. The van der Waals surface area contributed by atoms with Crippen molar-refractivity contribution < 1.29 is 9.90 Å². The van der Waals surface area contributed by atoms with Gasteiger partial charge in [-0.2, -0.15) is 0 Å². The fourth-order valence-electron chi connectivity index (χ4n) is 1.45. The smallest absolute Gasteiger partial charge is 0.256 e. The zero-order chi connectivity index (χ0) is 13.2. The lowest BCUT2D eigenvalue weighted by atomic mass is 10.1. The number of thiophene rings is 1. The molecule has 0 fully saturated rings. The number of carbonyl (C=O) groups excluding carboxylic acids is 1. The molecule has 0 saturated carbocycles. The van der Waals surface area contributed by atoms with Gasteiger partial charge >= 0.3 is 0 Å². The molecule has 96 valence electrons. The van der Waals surface area contributed by atoms with E-state index in [0.29, 0.717) is 20.8 Å². The van der Waals surface area contributed by atoms with E-state index in [-0.39, 0.29) is 12.5 Å². The Bertz CT molecular complexity index is 412. The van der Waals surface area contributed by atoms with Crippen molar-refractivity contribution in [1.29, 1.82) is 0 Å². The van der Waals surface area contributed by atoms with Crippen molar-refractivity contribution in [3.8, 4) is 0 Å². The number of aliphatic hydroxyl groups is 1. The highest BCUT2D eigenvalue weighted by atomic mass is 35.5. The van der Waals surface area contributed by atoms with Crippen molar-refractivity contribution >= 4 is 40.4 Å². The Morgan fingerprint density at radius 2 is 2.12 bits per heavy atom. The van der Waals surface area contributed by atoms with Gasteiger partial charge in [0.25, 0.3) is 5.91 Å². The molecular weight excluding hydrogens is 281 g/mol. The Kier molecular flexibility index (Phi) is 4.84. The normalized spacial score (nSPS) is 11.6. The lowest BCUT2D eigenvalue weighted by Crippen LogP contribution is -2.42. The summed E-state index contributed by atoms with van der Waals surface area (Å²) in [6.07, 6.45) is 0. The number of carbonyl (C=O) groups is 1. The molecule has 0 aromatic carbocycles. The third kappa shape index (κ3) is 4.14. The molecule has 0 radical (unpaired) electrons. The van der Waals surface area contributed by atoms with Gasteiger partial charge in [-0.25, -0.2) is 0 Å². The van der Waals surface area contributed by atoms with Crippen molar-refractivity contribution in [2.24, 2.45) is 0 Å². The van der Waals surface area contributed by atoms with Gasteiger partial charge < -0.3 is 10.0 Å². The fourth-order valence-corrected chi connectivity index (χ4v) is 2.90. The first-order valence-corrected chi connectivity index (χ1v) is 6.78. The zero-order valence-electron chi connectivity index (χ0n) is 9.96. The molecular formula is C11H15Cl2NO2S. The summed E-state index contributed by atoms with van der Waals surface area (Å²) in [6.45, 7) is 5.93. The Morgan fingerprint density at radius 1 is 1.53 bits per heavy atom. The van der Waals surface area contributed by atoms with Crippen LogP contribution in [0.5, 0.6) is 0 Å². The van der Waals surface area contributed by atoms with Crippen molar-refractivity contribution in [1.82, 2.24) is 4.90 Å². The highest BCUT2D eigenvalue weighted by Crippen LogP contribution is 2.32. The van der Waals surface area contributed by atoms with Crippen molar-refractivity contribution in [3.05, 3.63) is 20.3 Å². The summed E-state index contributed by atoms with van der Waals surface area (Å²) < 4.78 is 0.867. The van der Waals surface area contributed by atoms with E-state index in [1.807, 2.05) is 6.92 Å². The number of rotatable bonds is 4. The van der Waals surface area contributed by atoms with Crippen LogP contribution < -0.4 is 0 Å². The molecule has 0 aliphatic rings. The third-order valence-electron chi connectivity index (χ3n) is 2.13. The van der Waals surface area contributed by atoms with E-state index in [1.54, 1.807) is 24.8 Å². The number of hydrogen-bond donors (Lipinski definition) is 1. The van der Waals surface area contributed by atoms with Crippen LogP contribution in [0.15, 0.2) is 6.07 Å². The lowest BCUT2D eigenvalue weighted by Gasteiger charge is -2.28. The molecule has 1 N–H and O–H groups in total. The number of nitrogens with zero attached hydrogens (tertiary/aromatic N) is 1. The van der Waals surface area contributed by atoms with E-state index in [0.717, 1.165) is 11.3 Å². The second-order valence-electron chi connectivity index (χ2n) is 4.37. The van der Waals surface area contributed by atoms with Crippen LogP contribution in [0.2, 0.25) is 8.67 Å². The van der Waals surface area contributed by atoms with Gasteiger partial charge in [-0.05, 0) is 26.8 Å². The fraction of sp³-hybridized carbons (Fsp3) is 0.545.